The second kappa shape index (κ2) is 8.82. The SMILES string of the molecule is O=C(Oc1ccc2c(-c3cc4cc(Cl)ccc4oc3=O)cc(=O)oc2c1)C(Cl)c1ccccc1. The van der Waals surface area contributed by atoms with Crippen LogP contribution in [0.25, 0.3) is 33.1 Å². The summed E-state index contributed by atoms with van der Waals surface area (Å²) < 4.78 is 16.1. The third kappa shape index (κ3) is 4.21. The van der Waals surface area contributed by atoms with Gasteiger partial charge >= 0.3 is 17.2 Å². The number of alkyl halides is 1. The molecule has 2 heterocycles. The number of hydrogen-bond acceptors (Lipinski definition) is 6. The fraction of sp³-hybridized carbons (Fsp3) is 0.0385. The van der Waals surface area contributed by atoms with E-state index in [9.17, 15) is 14.4 Å². The van der Waals surface area contributed by atoms with Crippen molar-refractivity contribution in [3.05, 3.63) is 110 Å². The Bertz CT molecular complexity index is 1670. The molecule has 0 bridgehead atoms. The van der Waals surface area contributed by atoms with Gasteiger partial charge in [0.15, 0.2) is 5.38 Å². The van der Waals surface area contributed by atoms with Crippen molar-refractivity contribution in [2.24, 2.45) is 0 Å². The zero-order chi connectivity index (χ0) is 23.8. The fourth-order valence-electron chi connectivity index (χ4n) is 3.64. The number of fused-ring (bicyclic) bond motifs is 2. The van der Waals surface area contributed by atoms with Gasteiger partial charge in [-0.2, -0.15) is 0 Å². The zero-order valence-corrected chi connectivity index (χ0v) is 18.8. The molecule has 5 rings (SSSR count). The van der Waals surface area contributed by atoms with Crippen LogP contribution in [0.5, 0.6) is 5.75 Å². The lowest BCUT2D eigenvalue weighted by Crippen LogP contribution is -2.14. The van der Waals surface area contributed by atoms with E-state index < -0.39 is 22.6 Å². The molecule has 1 unspecified atom stereocenters. The highest BCUT2D eigenvalue weighted by molar-refractivity contribution is 6.31. The Morgan fingerprint density at radius 3 is 2.41 bits per heavy atom. The fourth-order valence-corrected chi connectivity index (χ4v) is 4.01. The van der Waals surface area contributed by atoms with Gasteiger partial charge in [-0.1, -0.05) is 41.9 Å². The number of halogens is 2. The Morgan fingerprint density at radius 1 is 0.824 bits per heavy atom. The summed E-state index contributed by atoms with van der Waals surface area (Å²) in [7, 11) is 0. The summed E-state index contributed by atoms with van der Waals surface area (Å²) in [4.78, 5) is 37.5. The van der Waals surface area contributed by atoms with Crippen LogP contribution >= 0.6 is 23.2 Å². The quantitative estimate of drug-likeness (QED) is 0.130. The van der Waals surface area contributed by atoms with Gasteiger partial charge in [0.25, 0.3) is 0 Å². The molecule has 0 spiro atoms. The summed E-state index contributed by atoms with van der Waals surface area (Å²) in [5.74, 6) is -0.547. The Kier molecular flexibility index (Phi) is 5.69. The number of esters is 1. The first-order chi connectivity index (χ1) is 16.4. The zero-order valence-electron chi connectivity index (χ0n) is 17.3. The molecule has 168 valence electrons. The van der Waals surface area contributed by atoms with E-state index in [2.05, 4.69) is 0 Å². The van der Waals surface area contributed by atoms with Crippen molar-refractivity contribution in [2.45, 2.75) is 5.38 Å². The maximum Gasteiger partial charge on any atom is 0.344 e. The van der Waals surface area contributed by atoms with Gasteiger partial charge in [-0.3, -0.25) is 0 Å². The summed E-state index contributed by atoms with van der Waals surface area (Å²) in [6.07, 6.45) is 0. The highest BCUT2D eigenvalue weighted by atomic mass is 35.5. The van der Waals surface area contributed by atoms with Gasteiger partial charge in [0.05, 0.1) is 5.56 Å². The number of benzene rings is 3. The monoisotopic (exact) mass is 492 g/mol. The Labute approximate surface area is 201 Å². The third-order valence-corrected chi connectivity index (χ3v) is 5.88. The van der Waals surface area contributed by atoms with Crippen LogP contribution in [0.2, 0.25) is 5.02 Å². The van der Waals surface area contributed by atoms with Crippen molar-refractivity contribution < 1.29 is 18.4 Å². The van der Waals surface area contributed by atoms with E-state index in [-0.39, 0.29) is 16.9 Å². The van der Waals surface area contributed by atoms with E-state index in [0.29, 0.717) is 32.5 Å². The van der Waals surface area contributed by atoms with Gasteiger partial charge < -0.3 is 13.6 Å². The van der Waals surface area contributed by atoms with Crippen LogP contribution in [0.1, 0.15) is 10.9 Å². The van der Waals surface area contributed by atoms with E-state index in [1.807, 2.05) is 6.07 Å². The summed E-state index contributed by atoms with van der Waals surface area (Å²) in [6.45, 7) is 0. The van der Waals surface area contributed by atoms with Crippen LogP contribution in [0.3, 0.4) is 0 Å². The van der Waals surface area contributed by atoms with E-state index in [1.54, 1.807) is 54.6 Å². The van der Waals surface area contributed by atoms with E-state index >= 15 is 0 Å². The van der Waals surface area contributed by atoms with Gasteiger partial charge in [0, 0.05) is 33.5 Å². The minimum atomic E-state index is -1.01. The van der Waals surface area contributed by atoms with Crippen LogP contribution in [0.15, 0.2) is 97.3 Å². The molecule has 0 radical (unpaired) electrons. The van der Waals surface area contributed by atoms with Crippen LogP contribution in [-0.2, 0) is 4.79 Å². The number of ether oxygens (including phenoxy) is 1. The van der Waals surface area contributed by atoms with Crippen molar-refractivity contribution in [2.75, 3.05) is 0 Å². The molecular formula is C26H14Cl2O6. The lowest BCUT2D eigenvalue weighted by Gasteiger charge is -2.11. The van der Waals surface area contributed by atoms with Crippen LogP contribution in [0.4, 0.5) is 0 Å². The average molecular weight is 493 g/mol. The van der Waals surface area contributed by atoms with Crippen LogP contribution in [0, 0.1) is 0 Å². The molecular weight excluding hydrogens is 479 g/mol. The van der Waals surface area contributed by atoms with E-state index in [1.165, 1.54) is 18.2 Å². The number of hydrogen-bond donors (Lipinski definition) is 0. The Morgan fingerprint density at radius 2 is 1.62 bits per heavy atom. The smallest absolute Gasteiger partial charge is 0.344 e. The molecule has 0 aliphatic heterocycles. The van der Waals surface area contributed by atoms with Crippen molar-refractivity contribution in [3.63, 3.8) is 0 Å². The largest absolute Gasteiger partial charge is 0.425 e. The molecule has 0 N–H and O–H groups in total. The highest BCUT2D eigenvalue weighted by Crippen LogP contribution is 2.31. The van der Waals surface area contributed by atoms with Crippen molar-refractivity contribution in [3.8, 4) is 16.9 Å². The summed E-state index contributed by atoms with van der Waals surface area (Å²) in [5, 5.41) is 0.523. The Hall–Kier alpha value is -3.87. The highest BCUT2D eigenvalue weighted by Gasteiger charge is 2.21. The van der Waals surface area contributed by atoms with Crippen LogP contribution < -0.4 is 16.0 Å². The van der Waals surface area contributed by atoms with Gasteiger partial charge in [0.2, 0.25) is 0 Å². The molecule has 0 saturated heterocycles. The lowest BCUT2D eigenvalue weighted by atomic mass is 10.0. The van der Waals surface area contributed by atoms with E-state index in [4.69, 9.17) is 36.8 Å². The van der Waals surface area contributed by atoms with Crippen molar-refractivity contribution in [1.29, 1.82) is 0 Å². The Balaban J connectivity index is 1.55. The number of carbonyl (C=O) groups excluding carboxylic acids is 1. The van der Waals surface area contributed by atoms with Gasteiger partial charge in [-0.15, -0.1) is 11.6 Å². The predicted octanol–water partition coefficient (Wildman–Crippen LogP) is 6.11. The molecule has 3 aromatic carbocycles. The van der Waals surface area contributed by atoms with E-state index in [0.717, 1.165) is 0 Å². The molecule has 0 fully saturated rings. The van der Waals surface area contributed by atoms with Gasteiger partial charge in [-0.25, -0.2) is 14.4 Å². The molecule has 5 aromatic rings. The minimum absolute atomic E-state index is 0.129. The molecule has 2 aromatic heterocycles. The maximum absolute atomic E-state index is 12.7. The van der Waals surface area contributed by atoms with Crippen LogP contribution in [-0.4, -0.2) is 5.97 Å². The first-order valence-corrected chi connectivity index (χ1v) is 10.9. The number of carbonyl (C=O) groups is 1. The topological polar surface area (TPSA) is 86.7 Å². The summed E-state index contributed by atoms with van der Waals surface area (Å²) in [5.41, 5.74) is 0.271. The molecule has 34 heavy (non-hydrogen) atoms. The average Bonchev–Trinajstić information content (AvgIpc) is 2.83. The standard InChI is InChI=1S/C26H14Cl2O6/c27-16-6-9-21-15(10-16)11-20(25(30)34-21)19-13-23(29)33-22-12-17(7-8-18(19)22)32-26(31)24(28)14-4-2-1-3-5-14/h1-13,24H. The van der Waals surface area contributed by atoms with Crippen molar-refractivity contribution in [1.82, 2.24) is 0 Å². The third-order valence-electron chi connectivity index (χ3n) is 5.22. The molecule has 0 aliphatic carbocycles. The van der Waals surface area contributed by atoms with Gasteiger partial charge in [0.1, 0.15) is 16.9 Å². The molecule has 1 atom stereocenters. The predicted molar refractivity (Wildman–Crippen MR) is 130 cm³/mol. The normalized spacial score (nSPS) is 12.1. The van der Waals surface area contributed by atoms with Gasteiger partial charge in [-0.05, 0) is 42.0 Å². The number of rotatable bonds is 4. The van der Waals surface area contributed by atoms with Crippen molar-refractivity contribution >= 4 is 51.1 Å². The molecule has 0 amide bonds. The lowest BCUT2D eigenvalue weighted by molar-refractivity contribution is -0.134. The first-order valence-electron chi connectivity index (χ1n) is 10.1. The minimum Gasteiger partial charge on any atom is -0.425 e. The molecule has 8 heteroatoms. The second-order valence-electron chi connectivity index (χ2n) is 7.46. The maximum atomic E-state index is 12.7. The molecule has 0 saturated carbocycles. The summed E-state index contributed by atoms with van der Waals surface area (Å²) >= 11 is 12.3. The second-order valence-corrected chi connectivity index (χ2v) is 8.33. The molecule has 6 nitrogen and oxygen atoms in total. The first kappa shape index (κ1) is 21.9. The molecule has 0 aliphatic rings. The summed E-state index contributed by atoms with van der Waals surface area (Å²) in [6, 6.07) is 21.0.